The minimum Gasteiger partial charge on any atom is -0.385 e. The second-order valence-electron chi connectivity index (χ2n) is 2.34. The molecule has 0 saturated carbocycles. The van der Waals surface area contributed by atoms with Gasteiger partial charge in [-0.1, -0.05) is 75.7 Å². The van der Waals surface area contributed by atoms with Crippen LogP contribution < -0.4 is 0 Å². The molecule has 0 aliphatic heterocycles. The number of hydrogen-bond acceptors (Lipinski definition) is 2. The lowest BCUT2D eigenvalue weighted by molar-refractivity contribution is 0.194. The van der Waals surface area contributed by atoms with Gasteiger partial charge in [-0.05, 0) is 12.8 Å². The Labute approximate surface area is 126 Å². The lowest BCUT2D eigenvalue weighted by Crippen LogP contribution is -1.84. The number of rotatable bonds is 5. The van der Waals surface area contributed by atoms with Gasteiger partial charge in [0, 0.05) is 27.4 Å². The number of unbranched alkanes of at least 4 members (excludes halogenated alkanes) is 1. The molecule has 0 aromatic heterocycles. The zero-order valence-electron chi connectivity index (χ0n) is 16.4. The third-order valence-electron chi connectivity index (χ3n) is 1.11. The molecule has 0 spiro atoms. The molecule has 0 heterocycles. The van der Waals surface area contributed by atoms with Crippen molar-refractivity contribution in [2.45, 2.75) is 88.5 Å². The average molecular weight is 283 g/mol. The average Bonchev–Trinajstić information content (AvgIpc) is 2.54. The van der Waals surface area contributed by atoms with E-state index >= 15 is 0 Å². The van der Waals surface area contributed by atoms with Crippen molar-refractivity contribution in [2.24, 2.45) is 0 Å². The van der Waals surface area contributed by atoms with E-state index in [1.807, 2.05) is 55.4 Å². The Bertz CT molecular complexity index is 42.5. The van der Waals surface area contributed by atoms with Gasteiger partial charge in [0.2, 0.25) is 0 Å². The van der Waals surface area contributed by atoms with Crippen molar-refractivity contribution in [3.8, 4) is 0 Å². The van der Waals surface area contributed by atoms with Crippen LogP contribution in [0.2, 0.25) is 0 Å². The SMILES string of the molecule is CC.CC.CC.CC.CCCCOC.CCCOC. The third kappa shape index (κ3) is 188. The highest BCUT2D eigenvalue weighted by Crippen LogP contribution is 1.83. The van der Waals surface area contributed by atoms with Crippen LogP contribution in [0.3, 0.4) is 0 Å². The molecule has 126 valence electrons. The minimum absolute atomic E-state index is 0.889. The highest BCUT2D eigenvalue weighted by Gasteiger charge is 1.74. The van der Waals surface area contributed by atoms with Gasteiger partial charge in [0.05, 0.1) is 0 Å². The van der Waals surface area contributed by atoms with Crippen molar-refractivity contribution < 1.29 is 9.47 Å². The summed E-state index contributed by atoms with van der Waals surface area (Å²) in [5.74, 6) is 0. The van der Waals surface area contributed by atoms with Gasteiger partial charge >= 0.3 is 0 Å². The Morgan fingerprint density at radius 1 is 0.526 bits per heavy atom. The van der Waals surface area contributed by atoms with E-state index in [1.165, 1.54) is 12.8 Å². The molecule has 0 aromatic rings. The zero-order chi connectivity index (χ0) is 16.9. The molecule has 0 radical (unpaired) electrons. The van der Waals surface area contributed by atoms with Gasteiger partial charge in [-0.2, -0.15) is 0 Å². The van der Waals surface area contributed by atoms with E-state index in [0.717, 1.165) is 19.6 Å². The van der Waals surface area contributed by atoms with Crippen molar-refractivity contribution in [1.29, 1.82) is 0 Å². The first-order chi connectivity index (χ1) is 9.33. The summed E-state index contributed by atoms with van der Waals surface area (Å²) in [5.41, 5.74) is 0. The Balaban J connectivity index is -0.0000000294. The molecule has 0 rings (SSSR count). The van der Waals surface area contributed by atoms with Crippen LogP contribution in [0.1, 0.15) is 88.5 Å². The molecule has 0 unspecified atom stereocenters. The summed E-state index contributed by atoms with van der Waals surface area (Å²) in [7, 11) is 3.44. The maximum absolute atomic E-state index is 4.78. The first-order valence-electron chi connectivity index (χ1n) is 8.31. The normalized spacial score (nSPS) is 6.32. The van der Waals surface area contributed by atoms with Crippen molar-refractivity contribution >= 4 is 0 Å². The Kier molecular flexibility index (Phi) is 205. The molecule has 0 aromatic carbocycles. The first kappa shape index (κ1) is 36.4. The van der Waals surface area contributed by atoms with Gasteiger partial charge in [-0.15, -0.1) is 0 Å². The maximum atomic E-state index is 4.78. The minimum atomic E-state index is 0.889. The van der Waals surface area contributed by atoms with Crippen LogP contribution in [0, 0.1) is 0 Å². The van der Waals surface area contributed by atoms with Crippen LogP contribution in [0.5, 0.6) is 0 Å². The predicted octanol–water partition coefficient (Wildman–Crippen LogP) is 6.58. The molecular weight excluding hydrogens is 236 g/mol. The van der Waals surface area contributed by atoms with Crippen LogP contribution >= 0.6 is 0 Å². The van der Waals surface area contributed by atoms with Gasteiger partial charge in [0.1, 0.15) is 0 Å². The van der Waals surface area contributed by atoms with E-state index in [0.29, 0.717) is 0 Å². The van der Waals surface area contributed by atoms with E-state index in [-0.39, 0.29) is 0 Å². The van der Waals surface area contributed by atoms with Crippen LogP contribution in [0.25, 0.3) is 0 Å². The Morgan fingerprint density at radius 3 is 0.895 bits per heavy atom. The summed E-state index contributed by atoms with van der Waals surface area (Å²) in [4.78, 5) is 0. The second kappa shape index (κ2) is 107. The topological polar surface area (TPSA) is 18.5 Å². The lowest BCUT2D eigenvalue weighted by atomic mass is 10.4. The summed E-state index contributed by atoms with van der Waals surface area (Å²) >= 11 is 0. The Morgan fingerprint density at radius 2 is 0.842 bits per heavy atom. The largest absolute Gasteiger partial charge is 0.385 e. The van der Waals surface area contributed by atoms with Gasteiger partial charge < -0.3 is 9.47 Å². The second-order valence-corrected chi connectivity index (χ2v) is 2.34. The molecule has 2 nitrogen and oxygen atoms in total. The maximum Gasteiger partial charge on any atom is 0.0462 e. The summed E-state index contributed by atoms with van der Waals surface area (Å²) < 4.78 is 9.47. The molecule has 0 bridgehead atoms. The summed E-state index contributed by atoms with van der Waals surface area (Å²) in [6.45, 7) is 22.0. The summed E-state index contributed by atoms with van der Waals surface area (Å²) in [6.07, 6.45) is 3.54. The van der Waals surface area contributed by atoms with Crippen LogP contribution in [0.15, 0.2) is 0 Å². The molecule has 2 heteroatoms. The van der Waals surface area contributed by atoms with Gasteiger partial charge in [-0.3, -0.25) is 0 Å². The quantitative estimate of drug-likeness (QED) is 0.530. The van der Waals surface area contributed by atoms with E-state index < -0.39 is 0 Å². The van der Waals surface area contributed by atoms with Crippen molar-refractivity contribution in [3.05, 3.63) is 0 Å². The third-order valence-corrected chi connectivity index (χ3v) is 1.11. The molecule has 0 aliphatic rings. The zero-order valence-corrected chi connectivity index (χ0v) is 16.4. The molecule has 0 fully saturated rings. The monoisotopic (exact) mass is 282 g/mol. The summed E-state index contributed by atoms with van der Waals surface area (Å²) in [6, 6.07) is 0. The Hall–Kier alpha value is -0.0800. The van der Waals surface area contributed by atoms with Gasteiger partial charge in [0.15, 0.2) is 0 Å². The molecule has 0 atom stereocenters. The van der Waals surface area contributed by atoms with Crippen molar-refractivity contribution in [1.82, 2.24) is 0 Å². The molecule has 0 amide bonds. The predicted molar refractivity (Wildman–Crippen MR) is 94.3 cm³/mol. The van der Waals surface area contributed by atoms with E-state index in [9.17, 15) is 0 Å². The van der Waals surface area contributed by atoms with Crippen molar-refractivity contribution in [2.75, 3.05) is 27.4 Å². The van der Waals surface area contributed by atoms with Crippen LogP contribution in [-0.4, -0.2) is 27.4 Å². The number of hydrogen-bond donors (Lipinski definition) is 0. The fraction of sp³-hybridized carbons (Fsp3) is 1.00. The standard InChI is InChI=1S/C5H12O.C4H10O.4C2H6/c1-3-4-5-6-2;1-3-4-5-2;4*1-2/h3-5H2,1-2H3;3-4H2,1-2H3;4*1-2H3. The van der Waals surface area contributed by atoms with Gasteiger partial charge in [-0.25, -0.2) is 0 Å². The van der Waals surface area contributed by atoms with Crippen LogP contribution in [0.4, 0.5) is 0 Å². The lowest BCUT2D eigenvalue weighted by Gasteiger charge is -1.89. The number of ether oxygens (including phenoxy) is 2. The molecular formula is C17H46O2. The first-order valence-corrected chi connectivity index (χ1v) is 8.31. The fourth-order valence-electron chi connectivity index (χ4n) is 0.493. The van der Waals surface area contributed by atoms with Crippen molar-refractivity contribution in [3.63, 3.8) is 0 Å². The molecule has 19 heavy (non-hydrogen) atoms. The van der Waals surface area contributed by atoms with E-state index in [4.69, 9.17) is 9.47 Å². The summed E-state index contributed by atoms with van der Waals surface area (Å²) in [5, 5.41) is 0. The highest BCUT2D eigenvalue weighted by atomic mass is 16.5. The molecule has 0 saturated heterocycles. The van der Waals surface area contributed by atoms with E-state index in [1.54, 1.807) is 14.2 Å². The van der Waals surface area contributed by atoms with Gasteiger partial charge in [0.25, 0.3) is 0 Å². The fourth-order valence-corrected chi connectivity index (χ4v) is 0.493. The number of methoxy groups -OCH3 is 2. The molecule has 0 N–H and O–H groups in total. The van der Waals surface area contributed by atoms with E-state index in [2.05, 4.69) is 13.8 Å². The highest BCUT2D eigenvalue weighted by molar-refractivity contribution is 4.26. The van der Waals surface area contributed by atoms with Crippen LogP contribution in [-0.2, 0) is 9.47 Å². The molecule has 0 aliphatic carbocycles. The smallest absolute Gasteiger partial charge is 0.0462 e.